The first-order valence-corrected chi connectivity index (χ1v) is 11.6. The Balaban J connectivity index is 1.54. The monoisotopic (exact) mass is 477 g/mol. The van der Waals surface area contributed by atoms with E-state index in [0.717, 1.165) is 11.1 Å². The second kappa shape index (κ2) is 9.32. The van der Waals surface area contributed by atoms with Gasteiger partial charge in [-0.15, -0.1) is 0 Å². The molecule has 0 bridgehead atoms. The molecule has 1 aromatic heterocycles. The molecule has 0 radical (unpaired) electrons. The number of rotatable bonds is 6. The molecule has 3 aromatic carbocycles. The van der Waals surface area contributed by atoms with Crippen molar-refractivity contribution in [1.82, 2.24) is 4.98 Å². The fourth-order valence-electron chi connectivity index (χ4n) is 3.25. The highest BCUT2D eigenvalue weighted by Crippen LogP contribution is 2.28. The van der Waals surface area contributed by atoms with Crippen LogP contribution in [0.15, 0.2) is 94.9 Å². The van der Waals surface area contributed by atoms with Crippen molar-refractivity contribution < 1.29 is 22.3 Å². The quantitative estimate of drug-likeness (QED) is 0.394. The highest BCUT2D eigenvalue weighted by molar-refractivity contribution is 7.91. The van der Waals surface area contributed by atoms with Crippen molar-refractivity contribution in [2.45, 2.75) is 9.79 Å². The van der Waals surface area contributed by atoms with Gasteiger partial charge in [0.2, 0.25) is 15.7 Å². The van der Waals surface area contributed by atoms with Crippen LogP contribution in [-0.2, 0) is 9.84 Å². The second-order valence-electron chi connectivity index (χ2n) is 7.33. The molecule has 0 aliphatic rings. The van der Waals surface area contributed by atoms with Gasteiger partial charge < -0.3 is 15.8 Å². The Morgan fingerprint density at radius 2 is 1.56 bits per heavy atom. The first-order valence-electron chi connectivity index (χ1n) is 10.1. The van der Waals surface area contributed by atoms with Crippen molar-refractivity contribution in [3.05, 3.63) is 96.4 Å². The van der Waals surface area contributed by atoms with Crippen LogP contribution in [0, 0.1) is 5.82 Å². The summed E-state index contributed by atoms with van der Waals surface area (Å²) >= 11 is 0. The predicted octanol–water partition coefficient (Wildman–Crippen LogP) is 4.56. The Morgan fingerprint density at radius 1 is 0.912 bits per heavy atom. The maximum absolute atomic E-state index is 13.2. The highest BCUT2D eigenvalue weighted by atomic mass is 32.2. The molecule has 0 saturated heterocycles. The summed E-state index contributed by atoms with van der Waals surface area (Å²) in [6.45, 7) is 0. The van der Waals surface area contributed by atoms with Gasteiger partial charge in [0.15, 0.2) is 0 Å². The number of hydrogen-bond donors (Lipinski definition) is 2. The van der Waals surface area contributed by atoms with E-state index in [1.807, 2.05) is 0 Å². The standard InChI is InChI=1S/C25H20FN3O4S/c1-33-24-13-11-21(15-28-24)34(31,32)20-9-4-17(5-10-20)25(30)29-23-14-18(6-12-22(23)27)16-2-7-19(26)8-3-16/h2-15H,27H2,1H3,(H,29,30). The van der Waals surface area contributed by atoms with Gasteiger partial charge in [-0.2, -0.15) is 0 Å². The molecular formula is C25H20FN3O4S. The van der Waals surface area contributed by atoms with Crippen molar-refractivity contribution in [2.75, 3.05) is 18.2 Å². The Bertz CT molecular complexity index is 1440. The smallest absolute Gasteiger partial charge is 0.255 e. The number of methoxy groups -OCH3 is 1. The van der Waals surface area contributed by atoms with Crippen LogP contribution in [-0.4, -0.2) is 26.4 Å². The SMILES string of the molecule is COc1ccc(S(=O)(=O)c2ccc(C(=O)Nc3cc(-c4ccc(F)cc4)ccc3N)cc2)cn1. The van der Waals surface area contributed by atoms with Gasteiger partial charge in [-0.05, 0) is 65.7 Å². The number of sulfone groups is 1. The largest absolute Gasteiger partial charge is 0.481 e. The van der Waals surface area contributed by atoms with Crippen LogP contribution in [0.25, 0.3) is 11.1 Å². The average Bonchev–Trinajstić information content (AvgIpc) is 2.86. The molecule has 1 amide bonds. The van der Waals surface area contributed by atoms with Crippen LogP contribution in [0.5, 0.6) is 5.88 Å². The Labute approximate surface area is 196 Å². The maximum Gasteiger partial charge on any atom is 0.255 e. The first kappa shape index (κ1) is 22.9. The van der Waals surface area contributed by atoms with Crippen LogP contribution in [0.1, 0.15) is 10.4 Å². The lowest BCUT2D eigenvalue weighted by atomic mass is 10.0. The number of pyridine rings is 1. The predicted molar refractivity (Wildman–Crippen MR) is 127 cm³/mol. The van der Waals surface area contributed by atoms with E-state index in [-0.39, 0.29) is 21.2 Å². The summed E-state index contributed by atoms with van der Waals surface area (Å²) in [6.07, 6.45) is 1.21. The van der Waals surface area contributed by atoms with Crippen molar-refractivity contribution in [1.29, 1.82) is 0 Å². The Morgan fingerprint density at radius 3 is 2.18 bits per heavy atom. The average molecular weight is 478 g/mol. The third kappa shape index (κ3) is 4.74. The maximum atomic E-state index is 13.2. The summed E-state index contributed by atoms with van der Waals surface area (Å²) < 4.78 is 43.8. The summed E-state index contributed by atoms with van der Waals surface area (Å²) in [5.74, 6) is -0.506. The number of amides is 1. The summed E-state index contributed by atoms with van der Waals surface area (Å²) in [6, 6.07) is 19.5. The lowest BCUT2D eigenvalue weighted by Crippen LogP contribution is -2.13. The Hall–Kier alpha value is -4.24. The number of nitrogen functional groups attached to an aromatic ring is 1. The second-order valence-corrected chi connectivity index (χ2v) is 9.28. The third-order valence-corrected chi connectivity index (χ3v) is 6.89. The number of carbonyl (C=O) groups is 1. The number of halogens is 1. The van der Waals surface area contributed by atoms with Crippen LogP contribution >= 0.6 is 0 Å². The topological polar surface area (TPSA) is 111 Å². The molecule has 4 rings (SSSR count). The Kier molecular flexibility index (Phi) is 6.29. The highest BCUT2D eigenvalue weighted by Gasteiger charge is 2.19. The fraction of sp³-hybridized carbons (Fsp3) is 0.0400. The van der Waals surface area contributed by atoms with Gasteiger partial charge in [0, 0.05) is 17.8 Å². The number of carbonyl (C=O) groups excluding carboxylic acids is 1. The van der Waals surface area contributed by atoms with Crippen LogP contribution in [0.2, 0.25) is 0 Å². The summed E-state index contributed by atoms with van der Waals surface area (Å²) in [4.78, 5) is 16.7. The number of hydrogen-bond acceptors (Lipinski definition) is 6. The number of anilines is 2. The molecule has 3 N–H and O–H groups in total. The van der Waals surface area contributed by atoms with Crippen LogP contribution in [0.4, 0.5) is 15.8 Å². The number of nitrogens with one attached hydrogen (secondary N) is 1. The molecule has 34 heavy (non-hydrogen) atoms. The molecule has 4 aromatic rings. The van der Waals surface area contributed by atoms with E-state index in [1.54, 1.807) is 30.3 Å². The molecular weight excluding hydrogens is 457 g/mol. The molecule has 0 unspecified atom stereocenters. The minimum Gasteiger partial charge on any atom is -0.481 e. The first-order chi connectivity index (χ1) is 16.3. The van der Waals surface area contributed by atoms with E-state index < -0.39 is 15.7 Å². The molecule has 7 nitrogen and oxygen atoms in total. The lowest BCUT2D eigenvalue weighted by molar-refractivity contribution is 0.102. The van der Waals surface area contributed by atoms with Gasteiger partial charge in [-0.25, -0.2) is 17.8 Å². The van der Waals surface area contributed by atoms with E-state index >= 15 is 0 Å². The van der Waals surface area contributed by atoms with Crippen molar-refractivity contribution in [3.63, 3.8) is 0 Å². The van der Waals surface area contributed by atoms with E-state index in [1.165, 1.54) is 61.8 Å². The number of benzene rings is 3. The van der Waals surface area contributed by atoms with Gasteiger partial charge in [-0.3, -0.25) is 4.79 Å². The lowest BCUT2D eigenvalue weighted by Gasteiger charge is -2.11. The number of nitrogens with two attached hydrogens (primary N) is 1. The minimum atomic E-state index is -3.81. The van der Waals surface area contributed by atoms with Crippen molar-refractivity contribution in [3.8, 4) is 17.0 Å². The van der Waals surface area contributed by atoms with Gasteiger partial charge in [0.05, 0.1) is 28.3 Å². The number of ether oxygens (including phenoxy) is 1. The molecule has 0 fully saturated rings. The number of aromatic nitrogens is 1. The van der Waals surface area contributed by atoms with Gasteiger partial charge in [-0.1, -0.05) is 18.2 Å². The molecule has 0 spiro atoms. The fourth-order valence-corrected chi connectivity index (χ4v) is 4.45. The van der Waals surface area contributed by atoms with Crippen LogP contribution < -0.4 is 15.8 Å². The summed E-state index contributed by atoms with van der Waals surface area (Å²) in [7, 11) is -2.37. The zero-order valence-corrected chi connectivity index (χ0v) is 18.8. The zero-order valence-electron chi connectivity index (χ0n) is 18.0. The van der Waals surface area contributed by atoms with E-state index in [2.05, 4.69) is 10.3 Å². The van der Waals surface area contributed by atoms with Crippen molar-refractivity contribution in [2.24, 2.45) is 0 Å². The van der Waals surface area contributed by atoms with E-state index in [4.69, 9.17) is 10.5 Å². The molecule has 0 saturated carbocycles. The van der Waals surface area contributed by atoms with E-state index in [9.17, 15) is 17.6 Å². The third-order valence-electron chi connectivity index (χ3n) is 5.13. The van der Waals surface area contributed by atoms with E-state index in [0.29, 0.717) is 17.3 Å². The summed E-state index contributed by atoms with van der Waals surface area (Å²) in [5, 5.41) is 2.74. The summed E-state index contributed by atoms with van der Waals surface area (Å²) in [5.41, 5.74) is 8.51. The molecule has 172 valence electrons. The molecule has 0 aliphatic heterocycles. The molecule has 0 aliphatic carbocycles. The molecule has 1 heterocycles. The van der Waals surface area contributed by atoms with Gasteiger partial charge in [0.25, 0.3) is 5.91 Å². The normalized spacial score (nSPS) is 11.1. The zero-order chi connectivity index (χ0) is 24.3. The molecule has 9 heteroatoms. The number of nitrogens with zero attached hydrogens (tertiary/aromatic N) is 1. The van der Waals surface area contributed by atoms with Gasteiger partial charge in [0.1, 0.15) is 5.82 Å². The van der Waals surface area contributed by atoms with Crippen LogP contribution in [0.3, 0.4) is 0 Å². The van der Waals surface area contributed by atoms with Gasteiger partial charge >= 0.3 is 0 Å². The van der Waals surface area contributed by atoms with Crippen molar-refractivity contribution >= 4 is 27.1 Å². The minimum absolute atomic E-state index is 0.0101. The molecule has 0 atom stereocenters.